The number of fused-ring (bicyclic) bond motifs is 1. The minimum Gasteiger partial charge on any atom is -0.423 e. The van der Waals surface area contributed by atoms with Gasteiger partial charge in [0.05, 0.1) is 0 Å². The molecule has 1 amide bonds. The van der Waals surface area contributed by atoms with E-state index in [1.54, 1.807) is 35.0 Å². The van der Waals surface area contributed by atoms with Gasteiger partial charge in [0.25, 0.3) is 6.01 Å². The SMILES string of the molecule is CCN(CC)C(=O)CN(C)c1nc2ccc(N)cc2o1. The fourth-order valence-corrected chi connectivity index (χ4v) is 2.04. The van der Waals surface area contributed by atoms with E-state index in [-0.39, 0.29) is 12.5 Å². The van der Waals surface area contributed by atoms with Crippen LogP contribution in [-0.2, 0) is 4.79 Å². The van der Waals surface area contributed by atoms with E-state index in [2.05, 4.69) is 4.98 Å². The van der Waals surface area contributed by atoms with Crippen LogP contribution < -0.4 is 10.6 Å². The Labute approximate surface area is 118 Å². The van der Waals surface area contributed by atoms with Crippen molar-refractivity contribution in [2.45, 2.75) is 13.8 Å². The number of hydrogen-bond donors (Lipinski definition) is 1. The molecule has 0 fully saturated rings. The number of rotatable bonds is 5. The molecule has 0 unspecified atom stereocenters. The highest BCUT2D eigenvalue weighted by Gasteiger charge is 2.16. The van der Waals surface area contributed by atoms with Gasteiger partial charge in [-0.25, -0.2) is 0 Å². The zero-order valence-electron chi connectivity index (χ0n) is 12.1. The maximum absolute atomic E-state index is 12.1. The quantitative estimate of drug-likeness (QED) is 0.841. The highest BCUT2D eigenvalue weighted by Crippen LogP contribution is 2.22. The second kappa shape index (κ2) is 5.81. The normalized spacial score (nSPS) is 10.8. The summed E-state index contributed by atoms with van der Waals surface area (Å²) < 4.78 is 5.62. The number of aromatic nitrogens is 1. The van der Waals surface area contributed by atoms with Gasteiger partial charge in [0.15, 0.2) is 5.58 Å². The van der Waals surface area contributed by atoms with E-state index in [1.807, 2.05) is 13.8 Å². The average molecular weight is 276 g/mol. The molecule has 0 aliphatic rings. The van der Waals surface area contributed by atoms with Crippen LogP contribution in [0.5, 0.6) is 0 Å². The first-order valence-corrected chi connectivity index (χ1v) is 6.70. The van der Waals surface area contributed by atoms with Crippen LogP contribution in [0, 0.1) is 0 Å². The molecule has 1 heterocycles. The Kier molecular flexibility index (Phi) is 4.12. The fraction of sp³-hybridized carbons (Fsp3) is 0.429. The van der Waals surface area contributed by atoms with Crippen LogP contribution in [0.2, 0.25) is 0 Å². The summed E-state index contributed by atoms with van der Waals surface area (Å²) in [5.74, 6) is 0.0549. The predicted molar refractivity (Wildman–Crippen MR) is 79.6 cm³/mol. The van der Waals surface area contributed by atoms with E-state index in [9.17, 15) is 4.79 Å². The lowest BCUT2D eigenvalue weighted by Gasteiger charge is -2.22. The summed E-state index contributed by atoms with van der Waals surface area (Å²) in [5.41, 5.74) is 7.69. The molecule has 0 atom stereocenters. The molecule has 0 radical (unpaired) electrons. The first-order chi connectivity index (χ1) is 9.55. The van der Waals surface area contributed by atoms with Crippen LogP contribution >= 0.6 is 0 Å². The Bertz CT molecular complexity index is 604. The van der Waals surface area contributed by atoms with Gasteiger partial charge in [0.2, 0.25) is 5.91 Å². The zero-order chi connectivity index (χ0) is 14.7. The smallest absolute Gasteiger partial charge is 0.298 e. The molecule has 0 aliphatic heterocycles. The molecule has 2 rings (SSSR count). The van der Waals surface area contributed by atoms with Crippen LogP contribution in [0.25, 0.3) is 11.1 Å². The highest BCUT2D eigenvalue weighted by molar-refractivity contribution is 5.82. The molecule has 6 nitrogen and oxygen atoms in total. The van der Waals surface area contributed by atoms with Crippen molar-refractivity contribution < 1.29 is 9.21 Å². The maximum atomic E-state index is 12.1. The summed E-state index contributed by atoms with van der Waals surface area (Å²) in [5, 5.41) is 0. The third-order valence-corrected chi connectivity index (χ3v) is 3.22. The molecule has 2 aromatic rings. The molecule has 20 heavy (non-hydrogen) atoms. The van der Waals surface area contributed by atoms with Gasteiger partial charge < -0.3 is 20.0 Å². The minimum atomic E-state index is 0.0549. The summed E-state index contributed by atoms with van der Waals surface area (Å²) in [6, 6.07) is 5.73. The van der Waals surface area contributed by atoms with Gasteiger partial charge in [-0.15, -0.1) is 0 Å². The predicted octanol–water partition coefficient (Wildman–Crippen LogP) is 1.71. The molecular weight excluding hydrogens is 256 g/mol. The molecule has 108 valence electrons. The van der Waals surface area contributed by atoms with Crippen LogP contribution in [0.3, 0.4) is 0 Å². The lowest BCUT2D eigenvalue weighted by molar-refractivity contribution is -0.129. The highest BCUT2D eigenvalue weighted by atomic mass is 16.4. The van der Waals surface area contributed by atoms with Crippen molar-refractivity contribution >= 4 is 28.7 Å². The Morgan fingerprint density at radius 2 is 2.05 bits per heavy atom. The first kappa shape index (κ1) is 14.2. The Balaban J connectivity index is 2.14. The molecule has 0 spiro atoms. The van der Waals surface area contributed by atoms with Crippen molar-refractivity contribution in [1.29, 1.82) is 0 Å². The van der Waals surface area contributed by atoms with E-state index in [0.717, 1.165) is 5.52 Å². The third kappa shape index (κ3) is 2.84. The van der Waals surface area contributed by atoms with Gasteiger partial charge in [0, 0.05) is 31.9 Å². The number of benzene rings is 1. The van der Waals surface area contributed by atoms with Gasteiger partial charge in [0.1, 0.15) is 12.1 Å². The molecule has 0 bridgehead atoms. The topological polar surface area (TPSA) is 75.6 Å². The lowest BCUT2D eigenvalue weighted by Crippen LogP contribution is -2.38. The summed E-state index contributed by atoms with van der Waals surface area (Å²) in [6.07, 6.45) is 0. The van der Waals surface area contributed by atoms with E-state index in [0.29, 0.717) is 30.4 Å². The minimum absolute atomic E-state index is 0.0549. The van der Waals surface area contributed by atoms with E-state index < -0.39 is 0 Å². The number of amides is 1. The summed E-state index contributed by atoms with van der Waals surface area (Å²) >= 11 is 0. The number of carbonyl (C=O) groups excluding carboxylic acids is 1. The summed E-state index contributed by atoms with van der Waals surface area (Å²) in [7, 11) is 1.79. The van der Waals surface area contributed by atoms with Crippen LogP contribution in [-0.4, -0.2) is 42.5 Å². The number of carbonyl (C=O) groups is 1. The Hall–Kier alpha value is -2.24. The largest absolute Gasteiger partial charge is 0.423 e. The molecule has 6 heteroatoms. The number of hydrogen-bond acceptors (Lipinski definition) is 5. The second-order valence-corrected chi connectivity index (χ2v) is 4.65. The van der Waals surface area contributed by atoms with Crippen molar-refractivity contribution in [1.82, 2.24) is 9.88 Å². The van der Waals surface area contributed by atoms with Gasteiger partial charge in [-0.05, 0) is 26.0 Å². The van der Waals surface area contributed by atoms with Crippen molar-refractivity contribution in [2.24, 2.45) is 0 Å². The van der Waals surface area contributed by atoms with Crippen molar-refractivity contribution in [3.8, 4) is 0 Å². The van der Waals surface area contributed by atoms with E-state index in [4.69, 9.17) is 10.2 Å². The van der Waals surface area contributed by atoms with Crippen LogP contribution in [0.1, 0.15) is 13.8 Å². The fourth-order valence-electron chi connectivity index (χ4n) is 2.04. The summed E-state index contributed by atoms with van der Waals surface area (Å²) in [6.45, 7) is 5.57. The van der Waals surface area contributed by atoms with Crippen molar-refractivity contribution in [2.75, 3.05) is 37.3 Å². The zero-order valence-corrected chi connectivity index (χ0v) is 12.1. The molecule has 2 N–H and O–H groups in total. The van der Waals surface area contributed by atoms with E-state index >= 15 is 0 Å². The first-order valence-electron chi connectivity index (χ1n) is 6.70. The molecule has 0 aliphatic carbocycles. The lowest BCUT2D eigenvalue weighted by atomic mass is 10.3. The molecule has 0 saturated carbocycles. The summed E-state index contributed by atoms with van der Waals surface area (Å²) in [4.78, 5) is 19.9. The van der Waals surface area contributed by atoms with E-state index in [1.165, 1.54) is 0 Å². The van der Waals surface area contributed by atoms with Gasteiger partial charge >= 0.3 is 0 Å². The molecule has 0 saturated heterocycles. The Morgan fingerprint density at radius 1 is 1.35 bits per heavy atom. The van der Waals surface area contributed by atoms with Crippen LogP contribution in [0.15, 0.2) is 22.6 Å². The van der Waals surface area contributed by atoms with Crippen molar-refractivity contribution in [3.05, 3.63) is 18.2 Å². The number of likely N-dealkylation sites (N-methyl/N-ethyl adjacent to an activating group) is 2. The van der Waals surface area contributed by atoms with Crippen molar-refractivity contribution in [3.63, 3.8) is 0 Å². The standard InChI is InChI=1S/C14H20N4O2/c1-4-18(5-2)13(19)9-17(3)14-16-11-7-6-10(15)8-12(11)20-14/h6-8H,4-5,9,15H2,1-3H3. The second-order valence-electron chi connectivity index (χ2n) is 4.65. The number of anilines is 2. The third-order valence-electron chi connectivity index (χ3n) is 3.22. The number of nitrogens with two attached hydrogens (primary N) is 1. The van der Waals surface area contributed by atoms with Gasteiger partial charge in [-0.1, -0.05) is 0 Å². The number of nitrogen functional groups attached to an aromatic ring is 1. The monoisotopic (exact) mass is 276 g/mol. The van der Waals surface area contributed by atoms with Gasteiger partial charge in [-0.2, -0.15) is 4.98 Å². The molecule has 1 aromatic carbocycles. The average Bonchev–Trinajstić information content (AvgIpc) is 2.83. The Morgan fingerprint density at radius 3 is 2.70 bits per heavy atom. The molecular formula is C14H20N4O2. The van der Waals surface area contributed by atoms with Gasteiger partial charge in [-0.3, -0.25) is 4.79 Å². The molecule has 1 aromatic heterocycles. The van der Waals surface area contributed by atoms with Crippen LogP contribution in [0.4, 0.5) is 11.7 Å². The maximum Gasteiger partial charge on any atom is 0.298 e. The number of oxazole rings is 1. The number of nitrogens with zero attached hydrogens (tertiary/aromatic N) is 3.